The van der Waals surface area contributed by atoms with E-state index < -0.39 is 0 Å². The van der Waals surface area contributed by atoms with Gasteiger partial charge in [-0.25, -0.2) is 0 Å². The summed E-state index contributed by atoms with van der Waals surface area (Å²) in [5, 5.41) is 0. The minimum absolute atomic E-state index is 0.0152. The maximum atomic E-state index is 12.3. The van der Waals surface area contributed by atoms with Crippen molar-refractivity contribution in [3.63, 3.8) is 0 Å². The maximum absolute atomic E-state index is 12.3. The van der Waals surface area contributed by atoms with Crippen molar-refractivity contribution in [3.8, 4) is 0 Å². The van der Waals surface area contributed by atoms with Gasteiger partial charge >= 0.3 is 0 Å². The van der Waals surface area contributed by atoms with E-state index in [9.17, 15) is 9.59 Å². The van der Waals surface area contributed by atoms with Gasteiger partial charge in [-0.05, 0) is 19.3 Å². The van der Waals surface area contributed by atoms with Gasteiger partial charge in [-0.1, -0.05) is 19.8 Å². The number of nitrogens with zero attached hydrogens (tertiary/aromatic N) is 2. The summed E-state index contributed by atoms with van der Waals surface area (Å²) in [6.45, 7) is 2.79. The zero-order chi connectivity index (χ0) is 14.5. The molecular formula is C14H27N3O2. The molecule has 1 saturated carbocycles. The third kappa shape index (κ3) is 4.82. The molecule has 0 aromatic rings. The van der Waals surface area contributed by atoms with Crippen molar-refractivity contribution in [2.45, 2.75) is 51.0 Å². The number of likely N-dealkylation sites (N-methyl/N-ethyl adjacent to an activating group) is 1. The Kier molecular flexibility index (Phi) is 5.79. The number of hydrogen-bond acceptors (Lipinski definition) is 3. The first-order chi connectivity index (χ1) is 8.88. The van der Waals surface area contributed by atoms with Gasteiger partial charge < -0.3 is 15.5 Å². The van der Waals surface area contributed by atoms with Crippen molar-refractivity contribution in [1.82, 2.24) is 9.80 Å². The fourth-order valence-corrected chi connectivity index (χ4v) is 2.54. The largest absolute Gasteiger partial charge is 0.347 e. The van der Waals surface area contributed by atoms with Gasteiger partial charge in [0.15, 0.2) is 0 Å². The van der Waals surface area contributed by atoms with E-state index in [-0.39, 0.29) is 23.9 Å². The van der Waals surface area contributed by atoms with Crippen LogP contribution in [0, 0.1) is 0 Å². The van der Waals surface area contributed by atoms with Gasteiger partial charge in [0, 0.05) is 32.6 Å². The van der Waals surface area contributed by atoms with Crippen LogP contribution < -0.4 is 5.73 Å². The fourth-order valence-electron chi connectivity index (χ4n) is 2.54. The van der Waals surface area contributed by atoms with Crippen LogP contribution in [0.3, 0.4) is 0 Å². The van der Waals surface area contributed by atoms with Crippen LogP contribution in [0.5, 0.6) is 0 Å². The maximum Gasteiger partial charge on any atom is 0.241 e. The van der Waals surface area contributed by atoms with E-state index >= 15 is 0 Å². The van der Waals surface area contributed by atoms with Gasteiger partial charge in [0.25, 0.3) is 0 Å². The van der Waals surface area contributed by atoms with Crippen LogP contribution >= 0.6 is 0 Å². The average Bonchev–Trinajstić information content (AvgIpc) is 2.74. The Balaban J connectivity index is 2.59. The van der Waals surface area contributed by atoms with Crippen molar-refractivity contribution < 1.29 is 9.59 Å². The number of nitrogens with two attached hydrogens (primary N) is 1. The fraction of sp³-hybridized carbons (Fsp3) is 0.857. The third-order valence-corrected chi connectivity index (χ3v) is 3.77. The number of hydrogen-bond donors (Lipinski definition) is 1. The van der Waals surface area contributed by atoms with Crippen LogP contribution in [-0.4, -0.2) is 54.3 Å². The van der Waals surface area contributed by atoms with E-state index in [1.165, 1.54) is 4.90 Å². The zero-order valence-electron chi connectivity index (χ0n) is 12.4. The summed E-state index contributed by atoms with van der Waals surface area (Å²) in [5.41, 5.74) is 5.90. The zero-order valence-corrected chi connectivity index (χ0v) is 12.4. The Bertz CT molecular complexity index is 323. The number of carbonyl (C=O) groups is 2. The summed E-state index contributed by atoms with van der Waals surface area (Å²) < 4.78 is 0. The molecule has 0 saturated heterocycles. The lowest BCUT2D eigenvalue weighted by atomic mass is 9.94. The molecule has 5 nitrogen and oxygen atoms in total. The normalized spacial score (nSPS) is 17.3. The van der Waals surface area contributed by atoms with Crippen LogP contribution in [0.1, 0.15) is 45.4 Å². The van der Waals surface area contributed by atoms with E-state index in [1.54, 1.807) is 19.0 Å². The Labute approximate surface area is 116 Å². The first kappa shape index (κ1) is 16.0. The van der Waals surface area contributed by atoms with E-state index in [2.05, 4.69) is 0 Å². The summed E-state index contributed by atoms with van der Waals surface area (Å²) in [7, 11) is 3.41. The summed E-state index contributed by atoms with van der Waals surface area (Å²) >= 11 is 0. The molecular weight excluding hydrogens is 242 g/mol. The molecule has 2 amide bonds. The lowest BCUT2D eigenvalue weighted by molar-refractivity contribution is -0.140. The van der Waals surface area contributed by atoms with Gasteiger partial charge in [0.05, 0.1) is 6.54 Å². The van der Waals surface area contributed by atoms with E-state index in [4.69, 9.17) is 5.73 Å². The lowest BCUT2D eigenvalue weighted by Crippen LogP contribution is -2.46. The van der Waals surface area contributed by atoms with Crippen molar-refractivity contribution in [2.75, 3.05) is 27.2 Å². The SMILES string of the molecule is CCCN(CC(=O)N(C)C)C(=O)CC1(N)CCCC1. The number of rotatable bonds is 6. The molecule has 19 heavy (non-hydrogen) atoms. The van der Waals surface area contributed by atoms with Gasteiger partial charge in [-0.3, -0.25) is 9.59 Å². The smallest absolute Gasteiger partial charge is 0.241 e. The van der Waals surface area contributed by atoms with Crippen molar-refractivity contribution in [3.05, 3.63) is 0 Å². The highest BCUT2D eigenvalue weighted by molar-refractivity contribution is 5.85. The predicted octanol–water partition coefficient (Wildman–Crippen LogP) is 0.975. The van der Waals surface area contributed by atoms with Crippen LogP contribution in [-0.2, 0) is 9.59 Å². The molecule has 0 aliphatic heterocycles. The molecule has 1 rings (SSSR count). The lowest BCUT2D eigenvalue weighted by Gasteiger charge is -2.28. The molecule has 5 heteroatoms. The minimum Gasteiger partial charge on any atom is -0.347 e. The first-order valence-corrected chi connectivity index (χ1v) is 7.15. The van der Waals surface area contributed by atoms with Crippen LogP contribution in [0.25, 0.3) is 0 Å². The second-order valence-corrected chi connectivity index (χ2v) is 5.85. The monoisotopic (exact) mass is 269 g/mol. The van der Waals surface area contributed by atoms with Crippen molar-refractivity contribution in [1.29, 1.82) is 0 Å². The molecule has 2 N–H and O–H groups in total. The Morgan fingerprint density at radius 1 is 1.16 bits per heavy atom. The van der Waals surface area contributed by atoms with Gasteiger partial charge in [0.1, 0.15) is 0 Å². The third-order valence-electron chi connectivity index (χ3n) is 3.77. The first-order valence-electron chi connectivity index (χ1n) is 7.15. The second kappa shape index (κ2) is 6.89. The van der Waals surface area contributed by atoms with Crippen LogP contribution in [0.15, 0.2) is 0 Å². The quantitative estimate of drug-likeness (QED) is 0.781. The summed E-state index contributed by atoms with van der Waals surface area (Å²) in [6.07, 6.45) is 5.26. The van der Waals surface area contributed by atoms with Gasteiger partial charge in [-0.15, -0.1) is 0 Å². The van der Waals surface area contributed by atoms with Crippen LogP contribution in [0.2, 0.25) is 0 Å². The number of amides is 2. The van der Waals surface area contributed by atoms with Gasteiger partial charge in [-0.2, -0.15) is 0 Å². The molecule has 0 heterocycles. The van der Waals surface area contributed by atoms with Crippen LogP contribution in [0.4, 0.5) is 0 Å². The Morgan fingerprint density at radius 2 is 1.74 bits per heavy atom. The average molecular weight is 269 g/mol. The molecule has 0 bridgehead atoms. The molecule has 0 aromatic carbocycles. The molecule has 1 fully saturated rings. The summed E-state index contributed by atoms with van der Waals surface area (Å²) in [5.74, 6) is -0.0271. The highest BCUT2D eigenvalue weighted by Gasteiger charge is 2.33. The molecule has 1 aliphatic carbocycles. The molecule has 0 radical (unpaired) electrons. The summed E-state index contributed by atoms with van der Waals surface area (Å²) in [4.78, 5) is 27.2. The van der Waals surface area contributed by atoms with E-state index in [1.807, 2.05) is 6.92 Å². The number of carbonyl (C=O) groups excluding carboxylic acids is 2. The molecule has 0 aromatic heterocycles. The van der Waals surface area contributed by atoms with E-state index in [0.29, 0.717) is 13.0 Å². The highest BCUT2D eigenvalue weighted by Crippen LogP contribution is 2.30. The van der Waals surface area contributed by atoms with Gasteiger partial charge in [0.2, 0.25) is 11.8 Å². The predicted molar refractivity (Wildman–Crippen MR) is 75.6 cm³/mol. The molecule has 0 unspecified atom stereocenters. The van der Waals surface area contributed by atoms with Crippen molar-refractivity contribution in [2.24, 2.45) is 5.73 Å². The minimum atomic E-state index is -0.343. The summed E-state index contributed by atoms with van der Waals surface area (Å²) in [6, 6.07) is 0. The second-order valence-electron chi connectivity index (χ2n) is 5.85. The highest BCUT2D eigenvalue weighted by atomic mass is 16.2. The Morgan fingerprint density at radius 3 is 2.21 bits per heavy atom. The van der Waals surface area contributed by atoms with E-state index in [0.717, 1.165) is 32.1 Å². The topological polar surface area (TPSA) is 66.6 Å². The van der Waals surface area contributed by atoms with Crippen molar-refractivity contribution >= 4 is 11.8 Å². The molecule has 110 valence electrons. The Hall–Kier alpha value is -1.10. The molecule has 0 atom stereocenters. The standard InChI is InChI=1S/C14H27N3O2/c1-4-9-17(11-13(19)16(2)3)12(18)10-14(15)7-5-6-8-14/h4-11,15H2,1-3H3. The molecule has 1 aliphatic rings. The molecule has 0 spiro atoms.